The maximum Gasteiger partial charge on any atom is 0.271 e. The number of aromatic nitrogens is 2. The van der Waals surface area contributed by atoms with Crippen LogP contribution in [0, 0.1) is 5.92 Å². The fourth-order valence-corrected chi connectivity index (χ4v) is 5.60. The third-order valence-corrected chi connectivity index (χ3v) is 7.72. The third kappa shape index (κ3) is 5.48. The largest absolute Gasteiger partial charge is 0.507 e. The van der Waals surface area contributed by atoms with E-state index in [1.807, 2.05) is 19.9 Å². The number of hydrogen-bond donors (Lipinski definition) is 4. The van der Waals surface area contributed by atoms with Crippen LogP contribution in [0.2, 0.25) is 5.02 Å². The summed E-state index contributed by atoms with van der Waals surface area (Å²) in [6.07, 6.45) is 4.79. The summed E-state index contributed by atoms with van der Waals surface area (Å²) in [5.41, 5.74) is 7.87. The number of phenols is 1. The van der Waals surface area contributed by atoms with Crippen molar-refractivity contribution in [3.8, 4) is 11.5 Å². The van der Waals surface area contributed by atoms with Crippen LogP contribution in [0.1, 0.15) is 60.2 Å². The lowest BCUT2D eigenvalue weighted by molar-refractivity contribution is 0.0750. The fourth-order valence-electron chi connectivity index (χ4n) is 4.61. The van der Waals surface area contributed by atoms with Crippen molar-refractivity contribution < 1.29 is 14.6 Å². The van der Waals surface area contributed by atoms with Gasteiger partial charge in [-0.15, -0.1) is 0 Å². The molecule has 2 aliphatic rings. The molecule has 1 unspecified atom stereocenters. The van der Waals surface area contributed by atoms with Crippen molar-refractivity contribution in [1.29, 1.82) is 0 Å². The Hall–Kier alpha value is -3.57. The van der Waals surface area contributed by atoms with Gasteiger partial charge in [-0.25, -0.2) is 4.98 Å². The number of phenolic OH excluding ortho intramolecular Hbond substituents is 1. The van der Waals surface area contributed by atoms with Crippen molar-refractivity contribution in [3.63, 3.8) is 0 Å². The average molecular weight is 557 g/mol. The molecule has 1 aromatic carbocycles. The fraction of sp³-hybridized carbons (Fsp3) is 0.385. The molecule has 12 heteroatoms. The van der Waals surface area contributed by atoms with Crippen molar-refractivity contribution in [3.05, 3.63) is 62.0 Å². The van der Waals surface area contributed by atoms with E-state index in [2.05, 4.69) is 19.7 Å². The Balaban J connectivity index is 1.31. The number of nitrogens with zero attached hydrogens (tertiary/aromatic N) is 3. The molecule has 10 nitrogen and oxygen atoms in total. The highest BCUT2D eigenvalue weighted by atomic mass is 35.5. The van der Waals surface area contributed by atoms with Crippen LogP contribution < -0.4 is 21.3 Å². The van der Waals surface area contributed by atoms with Crippen molar-refractivity contribution >= 4 is 45.7 Å². The molecule has 1 aliphatic heterocycles. The Morgan fingerprint density at radius 2 is 2.18 bits per heavy atom. The molecule has 0 spiro atoms. The molecular formula is C26H29ClN6O4S. The van der Waals surface area contributed by atoms with E-state index in [9.17, 15) is 14.7 Å². The molecule has 2 aromatic heterocycles. The van der Waals surface area contributed by atoms with E-state index in [1.165, 1.54) is 25.1 Å². The van der Waals surface area contributed by atoms with E-state index in [4.69, 9.17) is 22.1 Å². The lowest BCUT2D eigenvalue weighted by Crippen LogP contribution is -2.26. The number of aliphatic imine (C=N–C) groups is 1. The molecule has 1 atom stereocenters. The number of nitrogens with two attached hydrogens (primary N) is 1. The van der Waals surface area contributed by atoms with E-state index in [-0.39, 0.29) is 51.8 Å². The van der Waals surface area contributed by atoms with Gasteiger partial charge in [0.25, 0.3) is 11.5 Å². The summed E-state index contributed by atoms with van der Waals surface area (Å²) in [5, 5.41) is 14.1. The minimum Gasteiger partial charge on any atom is -0.507 e. The number of ether oxygens (including phenoxy) is 1. The van der Waals surface area contributed by atoms with Crippen LogP contribution in [-0.4, -0.2) is 43.8 Å². The molecule has 1 fully saturated rings. The van der Waals surface area contributed by atoms with Gasteiger partial charge < -0.3 is 25.8 Å². The summed E-state index contributed by atoms with van der Waals surface area (Å²) in [6.45, 7) is 4.90. The first-order valence-electron chi connectivity index (χ1n) is 12.5. The molecular weight excluding hydrogens is 528 g/mol. The van der Waals surface area contributed by atoms with Crippen molar-refractivity contribution in [1.82, 2.24) is 14.3 Å². The topological polar surface area (TPSA) is 146 Å². The number of pyridine rings is 1. The van der Waals surface area contributed by atoms with E-state index >= 15 is 0 Å². The molecule has 0 saturated heterocycles. The van der Waals surface area contributed by atoms with E-state index in [0.29, 0.717) is 41.2 Å². The van der Waals surface area contributed by atoms with Crippen LogP contribution in [0.25, 0.3) is 0 Å². The molecule has 3 aromatic rings. The van der Waals surface area contributed by atoms with E-state index in [0.717, 1.165) is 23.5 Å². The number of nitrogens with one attached hydrogen (secondary N) is 2. The first-order chi connectivity index (χ1) is 18.2. The van der Waals surface area contributed by atoms with Gasteiger partial charge in [-0.1, -0.05) is 24.4 Å². The highest BCUT2D eigenvalue weighted by Crippen LogP contribution is 2.36. The lowest BCUT2D eigenvalue weighted by atomic mass is 10.1. The number of benzene rings is 1. The van der Waals surface area contributed by atoms with Crippen LogP contribution in [-0.2, 0) is 13.1 Å². The van der Waals surface area contributed by atoms with Crippen LogP contribution in [0.3, 0.4) is 0 Å². The van der Waals surface area contributed by atoms with Crippen LogP contribution >= 0.6 is 23.1 Å². The summed E-state index contributed by atoms with van der Waals surface area (Å²) >= 11 is 7.58. The monoisotopic (exact) mass is 556 g/mol. The second-order valence-corrected chi connectivity index (χ2v) is 10.9. The van der Waals surface area contributed by atoms with Gasteiger partial charge in [0.15, 0.2) is 0 Å². The maximum atomic E-state index is 13.2. The summed E-state index contributed by atoms with van der Waals surface area (Å²) in [5.74, 6) is 1.56. The van der Waals surface area contributed by atoms with Gasteiger partial charge in [0.1, 0.15) is 33.7 Å². The van der Waals surface area contributed by atoms with Crippen molar-refractivity contribution in [2.45, 2.75) is 52.2 Å². The molecule has 1 saturated carbocycles. The third-order valence-electron chi connectivity index (χ3n) is 6.61. The number of fused-ring (bicyclic) bond motifs is 1. The molecule has 1 amide bonds. The Morgan fingerprint density at radius 3 is 2.89 bits per heavy atom. The van der Waals surface area contributed by atoms with Gasteiger partial charge in [0, 0.05) is 36.5 Å². The summed E-state index contributed by atoms with van der Waals surface area (Å²) in [4.78, 5) is 36.2. The van der Waals surface area contributed by atoms with Gasteiger partial charge in [-0.2, -0.15) is 0 Å². The number of H-pyrrole nitrogens is 1. The predicted octanol–water partition coefficient (Wildman–Crippen LogP) is 4.38. The highest BCUT2D eigenvalue weighted by Gasteiger charge is 2.29. The summed E-state index contributed by atoms with van der Waals surface area (Å²) in [7, 11) is 0. The number of rotatable bonds is 9. The number of aromatic amines is 1. The Morgan fingerprint density at radius 1 is 1.39 bits per heavy atom. The quantitative estimate of drug-likeness (QED) is 0.226. The Kier molecular flexibility index (Phi) is 7.31. The van der Waals surface area contributed by atoms with Crippen molar-refractivity contribution in [2.24, 2.45) is 16.6 Å². The molecule has 5 rings (SSSR count). The second kappa shape index (κ2) is 10.7. The van der Waals surface area contributed by atoms with Gasteiger partial charge >= 0.3 is 0 Å². The predicted molar refractivity (Wildman–Crippen MR) is 148 cm³/mol. The van der Waals surface area contributed by atoms with Crippen LogP contribution in [0.4, 0.5) is 10.8 Å². The molecule has 38 heavy (non-hydrogen) atoms. The zero-order valence-corrected chi connectivity index (χ0v) is 22.7. The number of amides is 1. The number of carbonyl (C=O) groups is 1. The molecule has 3 heterocycles. The standard InChI is InChI=1S/C26H29ClN6O4S/c1-3-37-16-7-15-11-33(12-18(15)20(34)8-16)26(36)17-10-29-21(9-19(17)27)31-25-22(24(35)32-38-25)23(28)30-13(2)6-14-4-5-14/h7-10,13-14,34H,3-6,11-12H2,1-2H3,(H2,28,30)(H,29,31)(H,32,35). The van der Waals surface area contributed by atoms with Crippen LogP contribution in [0.5, 0.6) is 11.5 Å². The van der Waals surface area contributed by atoms with E-state index in [1.54, 1.807) is 11.0 Å². The minimum absolute atomic E-state index is 0.0249. The summed E-state index contributed by atoms with van der Waals surface area (Å²) < 4.78 is 8.18. The first kappa shape index (κ1) is 26.1. The molecule has 0 radical (unpaired) electrons. The van der Waals surface area contributed by atoms with E-state index < -0.39 is 0 Å². The van der Waals surface area contributed by atoms with Crippen molar-refractivity contribution in [2.75, 3.05) is 11.9 Å². The van der Waals surface area contributed by atoms with Gasteiger partial charge in [0.05, 0.1) is 23.7 Å². The molecule has 5 N–H and O–H groups in total. The summed E-state index contributed by atoms with van der Waals surface area (Å²) in [6, 6.07) is 4.94. The molecule has 1 aliphatic carbocycles. The normalized spacial score (nSPS) is 15.9. The molecule has 0 bridgehead atoms. The zero-order valence-electron chi connectivity index (χ0n) is 21.1. The van der Waals surface area contributed by atoms with Crippen LogP contribution in [0.15, 0.2) is 34.2 Å². The van der Waals surface area contributed by atoms with Gasteiger partial charge in [-0.05, 0) is 49.3 Å². The smallest absolute Gasteiger partial charge is 0.271 e. The first-order valence-corrected chi connectivity index (χ1v) is 13.7. The Labute approximate surface area is 228 Å². The number of amidine groups is 1. The zero-order chi connectivity index (χ0) is 27.0. The number of halogens is 1. The minimum atomic E-state index is -0.334. The average Bonchev–Trinajstić information content (AvgIpc) is 3.43. The number of hydrogen-bond acceptors (Lipinski definition) is 8. The number of anilines is 2. The second-order valence-electron chi connectivity index (χ2n) is 9.63. The van der Waals surface area contributed by atoms with Gasteiger partial charge in [0.2, 0.25) is 0 Å². The number of carbonyl (C=O) groups excluding carboxylic acids is 1. The maximum absolute atomic E-state index is 13.2. The highest BCUT2D eigenvalue weighted by molar-refractivity contribution is 7.10. The molecule has 200 valence electrons. The van der Waals surface area contributed by atoms with Gasteiger partial charge in [-0.3, -0.25) is 19.0 Å². The number of aromatic hydroxyl groups is 1. The lowest BCUT2D eigenvalue weighted by Gasteiger charge is -2.16. The SMILES string of the molecule is CCOc1cc(O)c2c(c1)CN(C(=O)c1cnc(Nc3s[nH]c(=O)c3C(N)=NC(C)CC3CC3)cc1Cl)C2. The Bertz CT molecular complexity index is 1460.